The van der Waals surface area contributed by atoms with Crippen molar-refractivity contribution in [2.75, 3.05) is 5.73 Å². The second-order valence-corrected chi connectivity index (χ2v) is 7.69. The molecule has 0 bridgehead atoms. The third kappa shape index (κ3) is 4.52. The van der Waals surface area contributed by atoms with Gasteiger partial charge in [0.2, 0.25) is 5.88 Å². The monoisotopic (exact) mass is 521 g/mol. The highest BCUT2D eigenvalue weighted by Gasteiger charge is 2.43. The van der Waals surface area contributed by atoms with E-state index in [1.165, 1.54) is 12.3 Å². The van der Waals surface area contributed by atoms with E-state index in [2.05, 4.69) is 20.1 Å². The number of amides is 1. The van der Waals surface area contributed by atoms with E-state index in [-0.39, 0.29) is 33.9 Å². The summed E-state index contributed by atoms with van der Waals surface area (Å²) in [4.78, 5) is 23.7. The number of halogens is 5. The highest BCUT2D eigenvalue weighted by molar-refractivity contribution is 6.34. The molecular formula is C22H16ClF4N7O2. The first-order valence-corrected chi connectivity index (χ1v) is 10.6. The van der Waals surface area contributed by atoms with E-state index >= 15 is 0 Å². The van der Waals surface area contributed by atoms with Crippen LogP contribution in [0.3, 0.4) is 0 Å². The Morgan fingerprint density at radius 1 is 1.19 bits per heavy atom. The molecule has 0 saturated carbocycles. The molecule has 9 nitrogen and oxygen atoms in total. The summed E-state index contributed by atoms with van der Waals surface area (Å²) in [5.41, 5.74) is 8.33. The zero-order valence-electron chi connectivity index (χ0n) is 18.3. The van der Waals surface area contributed by atoms with Gasteiger partial charge in [0.05, 0.1) is 5.56 Å². The number of ether oxygens (including phenoxy) is 1. The van der Waals surface area contributed by atoms with Gasteiger partial charge in [0, 0.05) is 11.8 Å². The highest BCUT2D eigenvalue weighted by Crippen LogP contribution is 2.39. The molecule has 0 aliphatic carbocycles. The van der Waals surface area contributed by atoms with Crippen LogP contribution >= 0.6 is 11.6 Å². The van der Waals surface area contributed by atoms with Gasteiger partial charge in [-0.2, -0.15) is 23.3 Å². The number of nitrogens with two attached hydrogens (primary N) is 2. The number of benzene rings is 1. The van der Waals surface area contributed by atoms with Gasteiger partial charge in [-0.25, -0.2) is 19.0 Å². The van der Waals surface area contributed by atoms with Gasteiger partial charge in [0.15, 0.2) is 23.1 Å². The van der Waals surface area contributed by atoms with Crippen LogP contribution in [0.15, 0.2) is 42.9 Å². The van der Waals surface area contributed by atoms with Crippen molar-refractivity contribution < 1.29 is 27.1 Å². The molecule has 0 spiro atoms. The normalized spacial score (nSPS) is 11.5. The van der Waals surface area contributed by atoms with E-state index in [0.29, 0.717) is 16.7 Å². The number of carbonyl (C=O) groups excluding carboxylic acids is 1. The Hall–Kier alpha value is -4.26. The molecule has 0 unspecified atom stereocenters. The number of nitrogen functional groups attached to an aromatic ring is 1. The molecule has 4 N–H and O–H groups in total. The molecule has 36 heavy (non-hydrogen) atoms. The van der Waals surface area contributed by atoms with Crippen molar-refractivity contribution in [2.24, 2.45) is 5.73 Å². The lowest BCUT2D eigenvalue weighted by Gasteiger charge is -2.13. The average molecular weight is 522 g/mol. The molecule has 3 heterocycles. The molecule has 1 amide bonds. The van der Waals surface area contributed by atoms with Crippen LogP contribution in [0, 0.1) is 5.82 Å². The summed E-state index contributed by atoms with van der Waals surface area (Å²) in [5, 5.41) is 3.84. The molecule has 0 aliphatic heterocycles. The van der Waals surface area contributed by atoms with Crippen molar-refractivity contribution in [3.05, 3.63) is 70.5 Å². The summed E-state index contributed by atoms with van der Waals surface area (Å²) in [5.74, 6) is -3.26. The topological polar surface area (TPSA) is 135 Å². The number of primary amides is 1. The maximum absolute atomic E-state index is 14.9. The molecule has 0 fully saturated rings. The van der Waals surface area contributed by atoms with E-state index in [9.17, 15) is 22.4 Å². The van der Waals surface area contributed by atoms with Crippen LogP contribution in [0.2, 0.25) is 5.02 Å². The Balaban J connectivity index is 1.88. The van der Waals surface area contributed by atoms with Gasteiger partial charge >= 0.3 is 6.18 Å². The Labute approximate surface area is 205 Å². The third-order valence-electron chi connectivity index (χ3n) is 5.05. The summed E-state index contributed by atoms with van der Waals surface area (Å²) >= 11 is 5.95. The summed E-state index contributed by atoms with van der Waals surface area (Å²) < 4.78 is 63.2. The van der Waals surface area contributed by atoms with Crippen LogP contribution in [0.25, 0.3) is 17.1 Å². The first kappa shape index (κ1) is 24.9. The summed E-state index contributed by atoms with van der Waals surface area (Å²) in [6, 6.07) is 6.28. The highest BCUT2D eigenvalue weighted by atomic mass is 35.5. The minimum atomic E-state index is -5.04. The van der Waals surface area contributed by atoms with Crippen LogP contribution in [-0.4, -0.2) is 30.6 Å². The summed E-state index contributed by atoms with van der Waals surface area (Å²) in [6.45, 7) is 1.72. The Kier molecular flexibility index (Phi) is 6.50. The second kappa shape index (κ2) is 9.41. The van der Waals surface area contributed by atoms with Crippen LogP contribution in [-0.2, 0) is 12.6 Å². The van der Waals surface area contributed by atoms with Crippen molar-refractivity contribution in [2.45, 2.75) is 19.5 Å². The van der Waals surface area contributed by atoms with Crippen molar-refractivity contribution in [3.8, 4) is 28.7 Å². The number of alkyl halides is 3. The Bertz CT molecular complexity index is 1470. The van der Waals surface area contributed by atoms with Crippen molar-refractivity contribution >= 4 is 23.3 Å². The van der Waals surface area contributed by atoms with Crippen LogP contribution in [0.5, 0.6) is 11.6 Å². The van der Waals surface area contributed by atoms with E-state index in [1.54, 1.807) is 19.1 Å². The van der Waals surface area contributed by atoms with Crippen LogP contribution in [0.4, 0.5) is 23.4 Å². The van der Waals surface area contributed by atoms with Crippen molar-refractivity contribution in [1.82, 2.24) is 24.7 Å². The molecule has 0 radical (unpaired) electrons. The molecule has 3 aromatic heterocycles. The number of hydrogen-bond acceptors (Lipinski definition) is 7. The minimum absolute atomic E-state index is 0.101. The third-order valence-corrected chi connectivity index (χ3v) is 5.40. The Morgan fingerprint density at radius 2 is 1.94 bits per heavy atom. The predicted octanol–water partition coefficient (Wildman–Crippen LogP) is 4.57. The fourth-order valence-electron chi connectivity index (χ4n) is 3.44. The maximum Gasteiger partial charge on any atom is 0.434 e. The smallest absolute Gasteiger partial charge is 0.434 e. The standard InChI is InChI=1S/C22H16ClF4N7O2/c1-2-10-4-3-7-30-20(10)34-17(22(25,26)27)14(19(29)35)16(33-34)11-5-6-13(12(24)8-11)36-21-15(23)18(28)31-9-32-21/h3-9H,2H2,1H3,(H2,29,35)(H2,28,31,32). The first-order chi connectivity index (χ1) is 17.0. The Morgan fingerprint density at radius 3 is 2.58 bits per heavy atom. The van der Waals surface area contributed by atoms with Gasteiger partial charge in [0.1, 0.15) is 22.9 Å². The number of nitrogens with zero attached hydrogens (tertiary/aromatic N) is 5. The van der Waals surface area contributed by atoms with Gasteiger partial charge in [-0.15, -0.1) is 0 Å². The number of rotatable bonds is 6. The van der Waals surface area contributed by atoms with Crippen LogP contribution < -0.4 is 16.2 Å². The van der Waals surface area contributed by atoms with Gasteiger partial charge in [-0.3, -0.25) is 4.79 Å². The summed E-state index contributed by atoms with van der Waals surface area (Å²) in [6.07, 6.45) is -2.37. The lowest BCUT2D eigenvalue weighted by Crippen LogP contribution is -2.22. The SMILES string of the molecule is CCc1cccnc1-n1nc(-c2ccc(Oc3ncnc(N)c3Cl)c(F)c2)c(C(N)=O)c1C(F)(F)F. The number of anilines is 1. The molecule has 0 atom stereocenters. The molecule has 14 heteroatoms. The van der Waals surface area contributed by atoms with E-state index < -0.39 is 34.9 Å². The quantitative estimate of drug-likeness (QED) is 0.355. The zero-order valence-corrected chi connectivity index (χ0v) is 19.1. The van der Waals surface area contributed by atoms with Gasteiger partial charge < -0.3 is 16.2 Å². The van der Waals surface area contributed by atoms with Gasteiger partial charge in [-0.1, -0.05) is 24.6 Å². The van der Waals surface area contributed by atoms with Gasteiger partial charge in [0.25, 0.3) is 5.91 Å². The molecule has 4 aromatic rings. The average Bonchev–Trinajstić information content (AvgIpc) is 3.25. The van der Waals surface area contributed by atoms with E-state index in [0.717, 1.165) is 18.5 Å². The molecule has 186 valence electrons. The lowest BCUT2D eigenvalue weighted by atomic mass is 10.0. The summed E-state index contributed by atoms with van der Waals surface area (Å²) in [7, 11) is 0. The number of aryl methyl sites for hydroxylation is 1. The van der Waals surface area contributed by atoms with Gasteiger partial charge in [-0.05, 0) is 36.2 Å². The molecule has 4 rings (SSSR count). The largest absolute Gasteiger partial charge is 0.434 e. The second-order valence-electron chi connectivity index (χ2n) is 7.31. The molecule has 0 aliphatic rings. The van der Waals surface area contributed by atoms with Crippen molar-refractivity contribution in [3.63, 3.8) is 0 Å². The molecular weight excluding hydrogens is 506 g/mol. The maximum atomic E-state index is 14.9. The minimum Gasteiger partial charge on any atom is -0.434 e. The van der Waals surface area contributed by atoms with E-state index in [1.807, 2.05) is 0 Å². The fraction of sp³-hybridized carbons (Fsp3) is 0.136. The number of pyridine rings is 1. The fourth-order valence-corrected chi connectivity index (χ4v) is 3.57. The number of carbonyl (C=O) groups is 1. The predicted molar refractivity (Wildman–Crippen MR) is 121 cm³/mol. The number of hydrogen-bond donors (Lipinski definition) is 2. The first-order valence-electron chi connectivity index (χ1n) is 10.2. The lowest BCUT2D eigenvalue weighted by molar-refractivity contribution is -0.143. The van der Waals surface area contributed by atoms with Crippen LogP contribution in [0.1, 0.15) is 28.5 Å². The molecule has 0 saturated heterocycles. The number of aromatic nitrogens is 5. The van der Waals surface area contributed by atoms with Crippen molar-refractivity contribution in [1.29, 1.82) is 0 Å². The molecule has 1 aromatic carbocycles. The zero-order chi connectivity index (χ0) is 26.2. The van der Waals surface area contributed by atoms with E-state index in [4.69, 9.17) is 27.8 Å².